The van der Waals surface area contributed by atoms with Crippen molar-refractivity contribution in [3.05, 3.63) is 64.2 Å². The second-order valence-corrected chi connectivity index (χ2v) is 9.14. The lowest BCUT2D eigenvalue weighted by Gasteiger charge is -2.50. The predicted octanol–water partition coefficient (Wildman–Crippen LogP) is 3.98. The number of quaternary nitrogens is 1. The largest absolute Gasteiger partial charge is 0.466 e. The number of likely N-dealkylation sites (tertiary alicyclic amines) is 1. The first kappa shape index (κ1) is 19.0. The van der Waals surface area contributed by atoms with Gasteiger partial charge in [0.1, 0.15) is 5.75 Å². The number of hydrogen-bond acceptors (Lipinski definition) is 3. The number of halogens is 1. The first-order valence-electron chi connectivity index (χ1n) is 10.8. The lowest BCUT2D eigenvalue weighted by atomic mass is 9.90. The van der Waals surface area contributed by atoms with Crippen LogP contribution in [0.3, 0.4) is 0 Å². The molecule has 0 aliphatic carbocycles. The summed E-state index contributed by atoms with van der Waals surface area (Å²) in [6, 6.07) is 14.9. The van der Waals surface area contributed by atoms with Gasteiger partial charge in [-0.3, -0.25) is 0 Å². The number of benzene rings is 2. The molecule has 29 heavy (non-hydrogen) atoms. The Morgan fingerprint density at radius 3 is 2.66 bits per heavy atom. The van der Waals surface area contributed by atoms with Gasteiger partial charge >= 0.3 is 0 Å². The second kappa shape index (κ2) is 7.33. The molecule has 1 spiro atoms. The third-order valence-electron chi connectivity index (χ3n) is 6.67. The quantitative estimate of drug-likeness (QED) is 0.829. The molecule has 0 unspecified atom stereocenters. The molecule has 1 atom stereocenters. The minimum absolute atomic E-state index is 0.247. The zero-order valence-electron chi connectivity index (χ0n) is 17.2. The summed E-state index contributed by atoms with van der Waals surface area (Å²) in [7, 11) is 0. The van der Waals surface area contributed by atoms with E-state index in [0.717, 1.165) is 54.4 Å². The Hall–Kier alpha value is -2.04. The van der Waals surface area contributed by atoms with Crippen LogP contribution in [0.15, 0.2) is 47.6 Å². The molecule has 2 aromatic rings. The van der Waals surface area contributed by atoms with Crippen molar-refractivity contribution in [2.75, 3.05) is 19.6 Å². The van der Waals surface area contributed by atoms with E-state index >= 15 is 0 Å². The molecule has 152 valence electrons. The molecule has 0 bridgehead atoms. The van der Waals surface area contributed by atoms with Gasteiger partial charge in [-0.15, -0.1) is 0 Å². The van der Waals surface area contributed by atoms with Gasteiger partial charge in [0.25, 0.3) is 0 Å². The van der Waals surface area contributed by atoms with Crippen LogP contribution >= 0.6 is 11.6 Å². The molecule has 5 rings (SSSR count). The van der Waals surface area contributed by atoms with Crippen molar-refractivity contribution >= 4 is 17.3 Å². The third kappa shape index (κ3) is 3.32. The van der Waals surface area contributed by atoms with Crippen LogP contribution in [0.2, 0.25) is 5.02 Å². The Labute approximate surface area is 178 Å². The molecule has 4 nitrogen and oxygen atoms in total. The number of rotatable bonds is 3. The fourth-order valence-corrected chi connectivity index (χ4v) is 5.27. The van der Waals surface area contributed by atoms with Crippen molar-refractivity contribution in [3.8, 4) is 5.75 Å². The summed E-state index contributed by atoms with van der Waals surface area (Å²) in [4.78, 5) is 1.69. The molecule has 3 heterocycles. The number of fused-ring (bicyclic) bond motifs is 4. The Balaban J connectivity index is 1.52. The highest BCUT2D eigenvalue weighted by Gasteiger charge is 2.52. The normalized spacial score (nSPS) is 28.0. The van der Waals surface area contributed by atoms with Gasteiger partial charge < -0.3 is 9.64 Å². The van der Waals surface area contributed by atoms with Crippen LogP contribution in [0.5, 0.6) is 5.75 Å². The van der Waals surface area contributed by atoms with E-state index in [2.05, 4.69) is 49.2 Å². The van der Waals surface area contributed by atoms with E-state index in [1.807, 2.05) is 12.1 Å². The fourth-order valence-electron chi connectivity index (χ4n) is 5.15. The summed E-state index contributed by atoms with van der Waals surface area (Å²) in [5.41, 5.74) is 4.50. The maximum absolute atomic E-state index is 6.74. The molecule has 1 saturated heterocycles. The van der Waals surface area contributed by atoms with Crippen LogP contribution in [0, 0.1) is 6.92 Å². The topological polar surface area (TPSA) is 29.3 Å². The van der Waals surface area contributed by atoms with E-state index in [4.69, 9.17) is 21.4 Å². The highest BCUT2D eigenvalue weighted by molar-refractivity contribution is 6.30. The highest BCUT2D eigenvalue weighted by Crippen LogP contribution is 2.49. The number of aryl methyl sites for hydroxylation is 1. The molecule has 3 aliphatic heterocycles. The van der Waals surface area contributed by atoms with Gasteiger partial charge in [0.15, 0.2) is 0 Å². The van der Waals surface area contributed by atoms with Crippen LogP contribution in [-0.4, -0.2) is 36.1 Å². The minimum atomic E-state index is -0.321. The lowest BCUT2D eigenvalue weighted by Crippen LogP contribution is -3.14. The Morgan fingerprint density at radius 1 is 1.17 bits per heavy atom. The predicted molar refractivity (Wildman–Crippen MR) is 117 cm³/mol. The van der Waals surface area contributed by atoms with Crippen molar-refractivity contribution in [3.63, 3.8) is 0 Å². The zero-order chi connectivity index (χ0) is 20.0. The summed E-state index contributed by atoms with van der Waals surface area (Å²) in [5, 5.41) is 8.23. The van der Waals surface area contributed by atoms with Gasteiger partial charge in [0.05, 0.1) is 44.2 Å². The molecule has 2 aromatic carbocycles. The van der Waals surface area contributed by atoms with E-state index in [-0.39, 0.29) is 11.8 Å². The SMILES string of the molecule is CCC[NH+]1CCC2(CC1)Oc1ccc(C)cc1[C@@H]1CC(c3ccc(Cl)cc3)=NN12. The first-order valence-corrected chi connectivity index (χ1v) is 11.2. The zero-order valence-corrected chi connectivity index (χ0v) is 18.0. The first-order chi connectivity index (χ1) is 14.1. The van der Waals surface area contributed by atoms with Crippen LogP contribution in [-0.2, 0) is 0 Å². The van der Waals surface area contributed by atoms with Crippen molar-refractivity contribution in [1.29, 1.82) is 0 Å². The number of hydrogen-bond donors (Lipinski definition) is 1. The van der Waals surface area contributed by atoms with Crippen LogP contribution in [0.4, 0.5) is 0 Å². The van der Waals surface area contributed by atoms with Crippen molar-refractivity contribution in [2.24, 2.45) is 5.10 Å². The summed E-state index contributed by atoms with van der Waals surface area (Å²) in [6.07, 6.45) is 4.18. The summed E-state index contributed by atoms with van der Waals surface area (Å²) in [6.45, 7) is 7.95. The number of nitrogens with one attached hydrogen (secondary N) is 1. The fraction of sp³-hybridized carbons (Fsp3) is 0.458. The Bertz CT molecular complexity index is 932. The average Bonchev–Trinajstić information content (AvgIpc) is 3.18. The Morgan fingerprint density at radius 2 is 1.93 bits per heavy atom. The molecule has 3 aliphatic rings. The minimum Gasteiger partial charge on any atom is -0.466 e. The van der Waals surface area contributed by atoms with Crippen molar-refractivity contribution < 1.29 is 9.64 Å². The molecule has 0 saturated carbocycles. The van der Waals surface area contributed by atoms with E-state index < -0.39 is 0 Å². The van der Waals surface area contributed by atoms with Crippen molar-refractivity contribution in [1.82, 2.24) is 5.01 Å². The van der Waals surface area contributed by atoms with Gasteiger partial charge in [-0.05, 0) is 37.1 Å². The second-order valence-electron chi connectivity index (χ2n) is 8.71. The lowest BCUT2D eigenvalue weighted by molar-refractivity contribution is -0.908. The number of ether oxygens (including phenoxy) is 1. The van der Waals surface area contributed by atoms with E-state index in [9.17, 15) is 0 Å². The molecule has 0 aromatic heterocycles. The smallest absolute Gasteiger partial charge is 0.208 e. The van der Waals surface area contributed by atoms with Gasteiger partial charge in [0.2, 0.25) is 5.72 Å². The number of hydrazone groups is 1. The van der Waals surface area contributed by atoms with E-state index in [1.165, 1.54) is 24.1 Å². The summed E-state index contributed by atoms with van der Waals surface area (Å²) in [5.74, 6) is 1.04. The van der Waals surface area contributed by atoms with Gasteiger partial charge in [-0.1, -0.05) is 48.4 Å². The third-order valence-corrected chi connectivity index (χ3v) is 6.92. The van der Waals surface area contributed by atoms with Crippen LogP contribution in [0.25, 0.3) is 0 Å². The molecular weight excluding hydrogens is 382 g/mol. The number of nitrogens with zero attached hydrogens (tertiary/aromatic N) is 2. The maximum atomic E-state index is 6.74. The molecule has 0 radical (unpaired) electrons. The van der Waals surface area contributed by atoms with Crippen LogP contribution < -0.4 is 9.64 Å². The average molecular weight is 411 g/mol. The number of piperidine rings is 1. The summed E-state index contributed by atoms with van der Waals surface area (Å²) >= 11 is 6.11. The standard InChI is InChI=1S/C24H28ClN3O/c1-3-12-27-13-10-24(11-14-27)28-22(20-15-17(2)4-9-23(20)29-24)16-21(26-28)18-5-7-19(25)8-6-18/h4-9,15,22H,3,10-14,16H2,1-2H3/p+1/t22-/m0/s1. The van der Waals surface area contributed by atoms with Gasteiger partial charge in [-0.2, -0.15) is 5.10 Å². The maximum Gasteiger partial charge on any atom is 0.208 e. The molecule has 1 N–H and O–H groups in total. The van der Waals surface area contributed by atoms with Gasteiger partial charge in [0, 0.05) is 17.0 Å². The highest BCUT2D eigenvalue weighted by atomic mass is 35.5. The summed E-state index contributed by atoms with van der Waals surface area (Å²) < 4.78 is 6.74. The molecule has 1 fully saturated rings. The van der Waals surface area contributed by atoms with Crippen molar-refractivity contribution in [2.45, 2.75) is 51.3 Å². The van der Waals surface area contributed by atoms with E-state index in [0.29, 0.717) is 0 Å². The monoisotopic (exact) mass is 410 g/mol. The van der Waals surface area contributed by atoms with Gasteiger partial charge in [-0.25, -0.2) is 5.01 Å². The van der Waals surface area contributed by atoms with E-state index in [1.54, 1.807) is 4.90 Å². The van der Waals surface area contributed by atoms with Crippen LogP contribution in [0.1, 0.15) is 55.3 Å². The molecule has 0 amide bonds. The molecule has 5 heteroatoms. The molecular formula is C24H29ClN3O+. The Kier molecular flexibility index (Phi) is 4.79.